The van der Waals surface area contributed by atoms with E-state index in [0.29, 0.717) is 5.41 Å². The Bertz CT molecular complexity index is 260. The van der Waals surface area contributed by atoms with Crippen LogP contribution in [0.1, 0.15) is 52.4 Å². The summed E-state index contributed by atoms with van der Waals surface area (Å²) < 4.78 is 0. The minimum atomic E-state index is 0.612. The quantitative estimate of drug-likeness (QED) is 0.793. The van der Waals surface area contributed by atoms with Crippen LogP contribution >= 0.6 is 0 Å². The van der Waals surface area contributed by atoms with Crippen LogP contribution in [0, 0.1) is 11.3 Å². The van der Waals surface area contributed by atoms with Crippen LogP contribution < -0.4 is 5.32 Å². The highest BCUT2D eigenvalue weighted by Gasteiger charge is 2.37. The molecule has 0 bridgehead atoms. The predicted octanol–water partition coefficient (Wildman–Crippen LogP) is 2.64. The first-order valence-electron chi connectivity index (χ1n) is 7.61. The first-order chi connectivity index (χ1) is 8.14. The van der Waals surface area contributed by atoms with Crippen molar-refractivity contribution < 1.29 is 0 Å². The van der Waals surface area contributed by atoms with Crippen molar-refractivity contribution >= 4 is 0 Å². The van der Waals surface area contributed by atoms with E-state index < -0.39 is 0 Å². The van der Waals surface area contributed by atoms with E-state index in [1.165, 1.54) is 58.2 Å². The van der Waals surface area contributed by atoms with Crippen molar-refractivity contribution in [1.82, 2.24) is 10.2 Å². The molecule has 1 unspecified atom stereocenters. The molecule has 2 nitrogen and oxygen atoms in total. The molecule has 3 rings (SSSR count). The van der Waals surface area contributed by atoms with Crippen molar-refractivity contribution in [3.8, 4) is 0 Å². The maximum Gasteiger partial charge on any atom is 0.0223 e. The smallest absolute Gasteiger partial charge is 0.0223 e. The van der Waals surface area contributed by atoms with Crippen molar-refractivity contribution in [3.05, 3.63) is 0 Å². The molecule has 3 aliphatic rings. The zero-order valence-electron chi connectivity index (χ0n) is 11.5. The Morgan fingerprint density at radius 2 is 1.76 bits per heavy atom. The van der Waals surface area contributed by atoms with Gasteiger partial charge in [0.05, 0.1) is 0 Å². The van der Waals surface area contributed by atoms with Gasteiger partial charge >= 0.3 is 0 Å². The summed E-state index contributed by atoms with van der Waals surface area (Å²) >= 11 is 0. The zero-order chi connectivity index (χ0) is 11.9. The lowest BCUT2D eigenvalue weighted by molar-refractivity contribution is 0.0777. The van der Waals surface area contributed by atoms with Crippen LogP contribution in [0.15, 0.2) is 0 Å². The average molecular weight is 236 g/mol. The summed E-state index contributed by atoms with van der Waals surface area (Å²) in [5, 5.41) is 3.72. The van der Waals surface area contributed by atoms with Crippen LogP contribution in [0.3, 0.4) is 0 Å². The summed E-state index contributed by atoms with van der Waals surface area (Å²) in [5.41, 5.74) is 0.612. The molecule has 3 fully saturated rings. The number of rotatable bonds is 2. The molecule has 1 heterocycles. The Labute approximate surface area is 106 Å². The summed E-state index contributed by atoms with van der Waals surface area (Å²) in [6.45, 7) is 8.72. The van der Waals surface area contributed by atoms with Crippen molar-refractivity contribution in [3.63, 3.8) is 0 Å². The number of nitrogens with one attached hydrogen (secondary N) is 1. The summed E-state index contributed by atoms with van der Waals surface area (Å²) in [6.07, 6.45) is 8.67. The van der Waals surface area contributed by atoms with Gasteiger partial charge in [-0.05, 0) is 49.9 Å². The summed E-state index contributed by atoms with van der Waals surface area (Å²) in [6, 6.07) is 1.71. The third-order valence-electron chi connectivity index (χ3n) is 5.25. The van der Waals surface area contributed by atoms with Crippen LogP contribution in [0.2, 0.25) is 0 Å². The summed E-state index contributed by atoms with van der Waals surface area (Å²) in [5.74, 6) is 1.01. The molecule has 1 N–H and O–H groups in total. The van der Waals surface area contributed by atoms with E-state index in [9.17, 15) is 0 Å². The second-order valence-corrected chi connectivity index (χ2v) is 7.29. The van der Waals surface area contributed by atoms with Crippen LogP contribution in [0.4, 0.5) is 0 Å². The van der Waals surface area contributed by atoms with E-state index in [2.05, 4.69) is 24.1 Å². The van der Waals surface area contributed by atoms with Gasteiger partial charge in [0.1, 0.15) is 0 Å². The highest BCUT2D eigenvalue weighted by atomic mass is 15.2. The molecule has 2 saturated carbocycles. The zero-order valence-corrected chi connectivity index (χ0v) is 11.5. The number of piperazine rings is 1. The largest absolute Gasteiger partial charge is 0.311 e. The van der Waals surface area contributed by atoms with Gasteiger partial charge in [-0.3, -0.25) is 4.90 Å². The molecule has 1 aliphatic heterocycles. The fraction of sp³-hybridized carbons (Fsp3) is 1.00. The van der Waals surface area contributed by atoms with Crippen molar-refractivity contribution in [2.45, 2.75) is 64.5 Å². The van der Waals surface area contributed by atoms with E-state index in [-0.39, 0.29) is 0 Å². The highest BCUT2D eigenvalue weighted by molar-refractivity contribution is 4.94. The molecule has 1 atom stereocenters. The average Bonchev–Trinajstić information content (AvgIpc) is 3.13. The van der Waals surface area contributed by atoms with Gasteiger partial charge in [-0.15, -0.1) is 0 Å². The van der Waals surface area contributed by atoms with Gasteiger partial charge in [0.15, 0.2) is 0 Å². The fourth-order valence-electron chi connectivity index (χ4n) is 3.70. The van der Waals surface area contributed by atoms with Gasteiger partial charge < -0.3 is 5.32 Å². The van der Waals surface area contributed by atoms with Crippen molar-refractivity contribution in [1.29, 1.82) is 0 Å². The topological polar surface area (TPSA) is 15.3 Å². The molecular formula is C15H28N2. The first kappa shape index (κ1) is 12.0. The van der Waals surface area contributed by atoms with Crippen LogP contribution in [0.25, 0.3) is 0 Å². The molecule has 1 saturated heterocycles. The molecule has 98 valence electrons. The van der Waals surface area contributed by atoms with E-state index >= 15 is 0 Å². The summed E-state index contributed by atoms with van der Waals surface area (Å²) in [7, 11) is 0. The second-order valence-electron chi connectivity index (χ2n) is 7.29. The molecule has 17 heavy (non-hydrogen) atoms. The van der Waals surface area contributed by atoms with Gasteiger partial charge in [-0.1, -0.05) is 13.8 Å². The lowest BCUT2D eigenvalue weighted by Gasteiger charge is -2.44. The minimum Gasteiger partial charge on any atom is -0.311 e. The number of nitrogens with zero attached hydrogens (tertiary/aromatic N) is 1. The van der Waals surface area contributed by atoms with Crippen LogP contribution in [-0.2, 0) is 0 Å². The van der Waals surface area contributed by atoms with E-state index in [4.69, 9.17) is 0 Å². The molecule has 2 heteroatoms. The van der Waals surface area contributed by atoms with Crippen molar-refractivity contribution in [2.75, 3.05) is 19.6 Å². The van der Waals surface area contributed by atoms with Crippen molar-refractivity contribution in [2.24, 2.45) is 11.3 Å². The Hall–Kier alpha value is -0.0800. The van der Waals surface area contributed by atoms with Gasteiger partial charge in [0.2, 0.25) is 0 Å². The monoisotopic (exact) mass is 236 g/mol. The molecule has 2 aliphatic carbocycles. The summed E-state index contributed by atoms with van der Waals surface area (Å²) in [4.78, 5) is 2.80. The third-order valence-corrected chi connectivity index (χ3v) is 5.25. The Kier molecular flexibility index (Phi) is 3.20. The number of hydrogen-bond acceptors (Lipinski definition) is 2. The van der Waals surface area contributed by atoms with Crippen LogP contribution in [0.5, 0.6) is 0 Å². The predicted molar refractivity (Wildman–Crippen MR) is 72.1 cm³/mol. The Morgan fingerprint density at radius 3 is 2.41 bits per heavy atom. The molecule has 0 amide bonds. The molecular weight excluding hydrogens is 208 g/mol. The van der Waals surface area contributed by atoms with E-state index in [0.717, 1.165) is 18.0 Å². The second kappa shape index (κ2) is 4.55. The first-order valence-corrected chi connectivity index (χ1v) is 7.61. The molecule has 0 aromatic rings. The van der Waals surface area contributed by atoms with Gasteiger partial charge in [-0.2, -0.15) is 0 Å². The highest BCUT2D eigenvalue weighted by Crippen LogP contribution is 2.38. The SMILES string of the molecule is CC1(C)CCC(N2CCNC(C3CC3)C2)CC1. The molecule has 0 aromatic carbocycles. The number of hydrogen-bond donors (Lipinski definition) is 1. The van der Waals surface area contributed by atoms with E-state index in [1.54, 1.807) is 0 Å². The lowest BCUT2D eigenvalue weighted by atomic mass is 9.75. The van der Waals surface area contributed by atoms with Crippen LogP contribution in [-0.4, -0.2) is 36.6 Å². The third kappa shape index (κ3) is 2.85. The molecule has 0 radical (unpaired) electrons. The maximum absolute atomic E-state index is 3.72. The van der Waals surface area contributed by atoms with Gasteiger partial charge in [0.25, 0.3) is 0 Å². The maximum atomic E-state index is 3.72. The van der Waals surface area contributed by atoms with E-state index in [1.807, 2.05) is 0 Å². The Balaban J connectivity index is 1.53. The molecule has 0 aromatic heterocycles. The lowest BCUT2D eigenvalue weighted by Crippen LogP contribution is -2.55. The fourth-order valence-corrected chi connectivity index (χ4v) is 3.70. The van der Waals surface area contributed by atoms with Gasteiger partial charge in [0, 0.05) is 31.7 Å². The Morgan fingerprint density at radius 1 is 1.06 bits per heavy atom. The molecule has 0 spiro atoms. The minimum absolute atomic E-state index is 0.612. The van der Waals surface area contributed by atoms with Gasteiger partial charge in [-0.25, -0.2) is 0 Å². The standard InChI is InChI=1S/C15H28N2/c1-15(2)7-5-13(6-8-15)17-10-9-16-14(11-17)12-3-4-12/h12-14,16H,3-11H2,1-2H3. The normalized spacial score (nSPS) is 36.0.